The van der Waals surface area contributed by atoms with Crippen molar-refractivity contribution in [3.8, 4) is 0 Å². The van der Waals surface area contributed by atoms with Crippen molar-refractivity contribution in [3.05, 3.63) is 0 Å². The van der Waals surface area contributed by atoms with E-state index in [0.717, 1.165) is 35.6 Å². The smallest absolute Gasteiger partial charge is 0.0135 e. The molecule has 0 aromatic carbocycles. The van der Waals surface area contributed by atoms with Gasteiger partial charge in [0.15, 0.2) is 0 Å². The Kier molecular flexibility index (Phi) is 2.29. The first kappa shape index (κ1) is 9.90. The molecule has 0 spiro atoms. The van der Waals surface area contributed by atoms with Crippen LogP contribution in [0.2, 0.25) is 0 Å². The fraction of sp³-hybridized carbons (Fsp3) is 1.00. The second kappa shape index (κ2) is 3.71. The highest BCUT2D eigenvalue weighted by Gasteiger charge is 2.64. The first-order valence-corrected chi connectivity index (χ1v) is 7.37. The summed E-state index contributed by atoms with van der Waals surface area (Å²) in [5.41, 5.74) is 0. The molecule has 1 saturated heterocycles. The quantitative estimate of drug-likeness (QED) is 0.752. The van der Waals surface area contributed by atoms with Crippen molar-refractivity contribution in [1.29, 1.82) is 0 Å². The van der Waals surface area contributed by atoms with E-state index in [1.165, 1.54) is 32.5 Å². The first-order valence-electron chi connectivity index (χ1n) is 7.37. The van der Waals surface area contributed by atoms with Gasteiger partial charge in [-0.25, -0.2) is 0 Å². The number of nitrogens with one attached hydrogen (secondary N) is 2. The van der Waals surface area contributed by atoms with Gasteiger partial charge in [0.2, 0.25) is 0 Å². The van der Waals surface area contributed by atoms with Gasteiger partial charge in [-0.3, -0.25) is 0 Å². The van der Waals surface area contributed by atoms with Gasteiger partial charge < -0.3 is 10.6 Å². The van der Waals surface area contributed by atoms with Gasteiger partial charge in [-0.15, -0.1) is 0 Å². The summed E-state index contributed by atoms with van der Waals surface area (Å²) >= 11 is 0. The standard InChI is InChI=1S/C14H24N2/c1-2-11-7-10(1)12-13(11)14(12)16-6-4-9-3-5-15-8-9/h9-16H,1-8H2. The largest absolute Gasteiger partial charge is 0.316 e. The summed E-state index contributed by atoms with van der Waals surface area (Å²) in [6.45, 7) is 3.80. The zero-order chi connectivity index (χ0) is 10.5. The van der Waals surface area contributed by atoms with Gasteiger partial charge in [-0.05, 0) is 81.3 Å². The summed E-state index contributed by atoms with van der Waals surface area (Å²) < 4.78 is 0. The SMILES string of the molecule is C1CC(CCNC2C3C4CCC(C4)C23)CN1. The van der Waals surface area contributed by atoms with Gasteiger partial charge >= 0.3 is 0 Å². The molecule has 2 nitrogen and oxygen atoms in total. The van der Waals surface area contributed by atoms with Crippen LogP contribution in [0, 0.1) is 29.6 Å². The van der Waals surface area contributed by atoms with E-state index < -0.39 is 0 Å². The van der Waals surface area contributed by atoms with Crippen molar-refractivity contribution in [2.45, 2.75) is 38.1 Å². The lowest BCUT2D eigenvalue weighted by atomic mass is 10.0. The highest BCUT2D eigenvalue weighted by molar-refractivity contribution is 5.16. The maximum Gasteiger partial charge on any atom is 0.0135 e. The maximum atomic E-state index is 3.86. The van der Waals surface area contributed by atoms with E-state index in [-0.39, 0.29) is 0 Å². The lowest BCUT2D eigenvalue weighted by molar-refractivity contribution is 0.436. The zero-order valence-corrected chi connectivity index (χ0v) is 10.1. The summed E-state index contributed by atoms with van der Waals surface area (Å²) in [6.07, 6.45) is 7.50. The topological polar surface area (TPSA) is 24.1 Å². The van der Waals surface area contributed by atoms with Crippen LogP contribution in [0.25, 0.3) is 0 Å². The lowest BCUT2D eigenvalue weighted by Crippen LogP contribution is -2.26. The minimum Gasteiger partial charge on any atom is -0.316 e. The summed E-state index contributed by atoms with van der Waals surface area (Å²) in [5.74, 6) is 5.44. The predicted octanol–water partition coefficient (Wildman–Crippen LogP) is 1.62. The van der Waals surface area contributed by atoms with Crippen LogP contribution in [-0.2, 0) is 0 Å². The zero-order valence-electron chi connectivity index (χ0n) is 10.1. The van der Waals surface area contributed by atoms with Crippen LogP contribution in [0.15, 0.2) is 0 Å². The molecule has 1 aliphatic heterocycles. The third-order valence-corrected chi connectivity index (χ3v) is 5.83. The minimum atomic E-state index is 0.945. The number of fused-ring (bicyclic) bond motifs is 5. The monoisotopic (exact) mass is 220 g/mol. The molecule has 3 saturated carbocycles. The average molecular weight is 220 g/mol. The Morgan fingerprint density at radius 3 is 2.56 bits per heavy atom. The van der Waals surface area contributed by atoms with Crippen molar-refractivity contribution in [1.82, 2.24) is 10.6 Å². The van der Waals surface area contributed by atoms with Crippen LogP contribution in [0.3, 0.4) is 0 Å². The Morgan fingerprint density at radius 2 is 1.88 bits per heavy atom. The van der Waals surface area contributed by atoms with E-state index >= 15 is 0 Å². The fourth-order valence-corrected chi connectivity index (χ4v) is 5.01. The number of hydrogen-bond acceptors (Lipinski definition) is 2. The van der Waals surface area contributed by atoms with Crippen molar-refractivity contribution in [3.63, 3.8) is 0 Å². The van der Waals surface area contributed by atoms with Crippen LogP contribution < -0.4 is 10.6 Å². The maximum absolute atomic E-state index is 3.86. The second-order valence-corrected chi connectivity index (χ2v) is 6.62. The number of rotatable bonds is 4. The van der Waals surface area contributed by atoms with Gasteiger partial charge in [-0.2, -0.15) is 0 Å². The van der Waals surface area contributed by atoms with Gasteiger partial charge in [0.05, 0.1) is 0 Å². The van der Waals surface area contributed by atoms with E-state index in [2.05, 4.69) is 10.6 Å². The fourth-order valence-electron chi connectivity index (χ4n) is 5.01. The van der Waals surface area contributed by atoms with Crippen LogP contribution in [0.4, 0.5) is 0 Å². The molecule has 5 atom stereocenters. The summed E-state index contributed by atoms with van der Waals surface area (Å²) in [5, 5.41) is 7.32. The van der Waals surface area contributed by atoms with Crippen molar-refractivity contribution >= 4 is 0 Å². The van der Waals surface area contributed by atoms with Crippen LogP contribution in [0.5, 0.6) is 0 Å². The molecule has 0 aromatic rings. The second-order valence-electron chi connectivity index (χ2n) is 6.62. The molecule has 2 bridgehead atoms. The molecule has 5 unspecified atom stereocenters. The molecule has 16 heavy (non-hydrogen) atoms. The third-order valence-electron chi connectivity index (χ3n) is 5.83. The van der Waals surface area contributed by atoms with E-state index in [4.69, 9.17) is 0 Å². The van der Waals surface area contributed by atoms with Crippen molar-refractivity contribution in [2.75, 3.05) is 19.6 Å². The summed E-state index contributed by atoms with van der Waals surface area (Å²) in [6, 6.07) is 0.945. The minimum absolute atomic E-state index is 0.945. The normalized spacial score (nSPS) is 53.2. The molecule has 0 amide bonds. The Balaban J connectivity index is 1.22. The average Bonchev–Trinajstić information content (AvgIpc) is 2.77. The predicted molar refractivity (Wildman–Crippen MR) is 65.2 cm³/mol. The Morgan fingerprint density at radius 1 is 1.06 bits per heavy atom. The van der Waals surface area contributed by atoms with Crippen LogP contribution in [0.1, 0.15) is 32.1 Å². The molecule has 2 N–H and O–H groups in total. The van der Waals surface area contributed by atoms with E-state index in [1.807, 2.05) is 0 Å². The van der Waals surface area contributed by atoms with E-state index in [0.29, 0.717) is 0 Å². The Labute approximate surface area is 98.6 Å². The van der Waals surface area contributed by atoms with Crippen LogP contribution in [-0.4, -0.2) is 25.7 Å². The highest BCUT2D eigenvalue weighted by atomic mass is 15.0. The Hall–Kier alpha value is -0.0800. The lowest BCUT2D eigenvalue weighted by Gasteiger charge is -2.12. The summed E-state index contributed by atoms with van der Waals surface area (Å²) in [4.78, 5) is 0. The molecule has 1 heterocycles. The van der Waals surface area contributed by atoms with Crippen molar-refractivity contribution in [2.24, 2.45) is 29.6 Å². The molecule has 4 rings (SSSR count). The number of hydrogen-bond donors (Lipinski definition) is 2. The van der Waals surface area contributed by atoms with Gasteiger partial charge in [0.1, 0.15) is 0 Å². The molecule has 0 radical (unpaired) electrons. The Bertz CT molecular complexity index is 256. The molecule has 2 heteroatoms. The van der Waals surface area contributed by atoms with Crippen LogP contribution >= 0.6 is 0 Å². The molecular weight excluding hydrogens is 196 g/mol. The molecule has 4 fully saturated rings. The third kappa shape index (κ3) is 1.46. The summed E-state index contributed by atoms with van der Waals surface area (Å²) in [7, 11) is 0. The van der Waals surface area contributed by atoms with Gasteiger partial charge in [0.25, 0.3) is 0 Å². The molecular formula is C14H24N2. The highest BCUT2D eigenvalue weighted by Crippen LogP contribution is 2.65. The van der Waals surface area contributed by atoms with Crippen molar-refractivity contribution < 1.29 is 0 Å². The first-order chi connectivity index (χ1) is 7.93. The van der Waals surface area contributed by atoms with Gasteiger partial charge in [0, 0.05) is 6.04 Å². The molecule has 0 aromatic heterocycles. The van der Waals surface area contributed by atoms with E-state index in [1.54, 1.807) is 19.3 Å². The van der Waals surface area contributed by atoms with Gasteiger partial charge in [-0.1, -0.05) is 0 Å². The molecule has 3 aliphatic carbocycles. The van der Waals surface area contributed by atoms with E-state index in [9.17, 15) is 0 Å². The molecule has 90 valence electrons. The molecule has 4 aliphatic rings.